The van der Waals surface area contributed by atoms with Gasteiger partial charge in [-0.05, 0) is 31.0 Å². The van der Waals surface area contributed by atoms with Crippen LogP contribution in [-0.2, 0) is 11.3 Å². The number of hydrogen-bond acceptors (Lipinski definition) is 2. The van der Waals surface area contributed by atoms with Crippen LogP contribution in [0.4, 0.5) is 4.39 Å². The predicted molar refractivity (Wildman–Crippen MR) is 59.3 cm³/mol. The third-order valence-corrected chi connectivity index (χ3v) is 2.31. The summed E-state index contributed by atoms with van der Waals surface area (Å²) in [5, 5.41) is 3.25. The highest BCUT2D eigenvalue weighted by molar-refractivity contribution is 5.23. The Hall–Kier alpha value is -0.930. The maximum atomic E-state index is 13.2. The van der Waals surface area contributed by atoms with Crippen LogP contribution in [0.1, 0.15) is 18.1 Å². The quantitative estimate of drug-likeness (QED) is 0.806. The van der Waals surface area contributed by atoms with Crippen molar-refractivity contribution >= 4 is 0 Å². The molecule has 0 amide bonds. The van der Waals surface area contributed by atoms with E-state index in [9.17, 15) is 4.39 Å². The zero-order valence-corrected chi connectivity index (χ0v) is 9.51. The third kappa shape index (κ3) is 3.98. The van der Waals surface area contributed by atoms with Gasteiger partial charge in [0, 0.05) is 19.7 Å². The second kappa shape index (κ2) is 5.83. The van der Waals surface area contributed by atoms with Crippen molar-refractivity contribution in [3.8, 4) is 0 Å². The Kier molecular flexibility index (Phi) is 4.72. The Labute approximate surface area is 90.4 Å². The average molecular weight is 211 g/mol. The van der Waals surface area contributed by atoms with Gasteiger partial charge in [-0.3, -0.25) is 0 Å². The molecule has 0 fully saturated rings. The number of methoxy groups -OCH3 is 1. The fourth-order valence-corrected chi connectivity index (χ4v) is 1.35. The lowest BCUT2D eigenvalue weighted by Gasteiger charge is -2.12. The minimum absolute atomic E-state index is 0.145. The molecule has 3 heteroatoms. The highest BCUT2D eigenvalue weighted by Gasteiger charge is 2.02. The molecule has 0 aliphatic rings. The molecule has 15 heavy (non-hydrogen) atoms. The molecule has 0 aliphatic heterocycles. The van der Waals surface area contributed by atoms with Crippen molar-refractivity contribution in [2.24, 2.45) is 0 Å². The SMILES string of the molecule is COC[C@@H](C)NCc1ccc(C)c(F)c1. The van der Waals surface area contributed by atoms with Crippen molar-refractivity contribution in [2.75, 3.05) is 13.7 Å². The maximum Gasteiger partial charge on any atom is 0.126 e. The molecular formula is C12H18FNO. The summed E-state index contributed by atoms with van der Waals surface area (Å²) in [6.07, 6.45) is 0. The fourth-order valence-electron chi connectivity index (χ4n) is 1.35. The molecular weight excluding hydrogens is 193 g/mol. The van der Waals surface area contributed by atoms with E-state index in [4.69, 9.17) is 4.74 Å². The molecule has 0 aliphatic carbocycles. The van der Waals surface area contributed by atoms with Crippen LogP contribution in [0.25, 0.3) is 0 Å². The van der Waals surface area contributed by atoms with Crippen LogP contribution in [0.2, 0.25) is 0 Å². The van der Waals surface area contributed by atoms with Gasteiger partial charge in [0.25, 0.3) is 0 Å². The van der Waals surface area contributed by atoms with Gasteiger partial charge in [0.15, 0.2) is 0 Å². The average Bonchev–Trinajstić information content (AvgIpc) is 2.20. The van der Waals surface area contributed by atoms with Crippen LogP contribution >= 0.6 is 0 Å². The summed E-state index contributed by atoms with van der Waals surface area (Å²) in [5.74, 6) is -0.145. The largest absolute Gasteiger partial charge is 0.383 e. The minimum atomic E-state index is -0.145. The van der Waals surface area contributed by atoms with E-state index in [1.807, 2.05) is 13.0 Å². The lowest BCUT2D eigenvalue weighted by atomic mass is 10.1. The van der Waals surface area contributed by atoms with Crippen LogP contribution in [0, 0.1) is 12.7 Å². The van der Waals surface area contributed by atoms with E-state index in [0.717, 1.165) is 5.56 Å². The Morgan fingerprint density at radius 3 is 2.80 bits per heavy atom. The monoisotopic (exact) mass is 211 g/mol. The maximum absolute atomic E-state index is 13.2. The van der Waals surface area contributed by atoms with Gasteiger partial charge in [-0.25, -0.2) is 4.39 Å². The molecule has 1 rings (SSSR count). The molecule has 0 heterocycles. The molecule has 0 aromatic heterocycles. The van der Waals surface area contributed by atoms with Crippen molar-refractivity contribution < 1.29 is 9.13 Å². The van der Waals surface area contributed by atoms with E-state index < -0.39 is 0 Å². The number of hydrogen-bond donors (Lipinski definition) is 1. The summed E-state index contributed by atoms with van der Waals surface area (Å²) < 4.78 is 18.2. The van der Waals surface area contributed by atoms with Crippen molar-refractivity contribution in [1.82, 2.24) is 5.32 Å². The number of nitrogens with one attached hydrogen (secondary N) is 1. The number of aryl methyl sites for hydroxylation is 1. The molecule has 0 bridgehead atoms. The van der Waals surface area contributed by atoms with Gasteiger partial charge in [0.1, 0.15) is 5.82 Å². The summed E-state index contributed by atoms with van der Waals surface area (Å²) in [4.78, 5) is 0. The number of benzene rings is 1. The first-order valence-corrected chi connectivity index (χ1v) is 5.11. The molecule has 0 unspecified atom stereocenters. The summed E-state index contributed by atoms with van der Waals surface area (Å²) in [6.45, 7) is 5.13. The van der Waals surface area contributed by atoms with Crippen LogP contribution in [0.3, 0.4) is 0 Å². The van der Waals surface area contributed by atoms with E-state index in [0.29, 0.717) is 18.7 Å². The molecule has 2 nitrogen and oxygen atoms in total. The van der Waals surface area contributed by atoms with E-state index >= 15 is 0 Å². The minimum Gasteiger partial charge on any atom is -0.383 e. The molecule has 0 saturated carbocycles. The van der Waals surface area contributed by atoms with E-state index in [1.54, 1.807) is 26.2 Å². The summed E-state index contributed by atoms with van der Waals surface area (Å²) in [7, 11) is 1.67. The summed E-state index contributed by atoms with van der Waals surface area (Å²) in [6, 6.07) is 5.58. The Morgan fingerprint density at radius 1 is 1.47 bits per heavy atom. The molecule has 84 valence electrons. The predicted octanol–water partition coefficient (Wildman–Crippen LogP) is 2.26. The smallest absolute Gasteiger partial charge is 0.126 e. The molecule has 1 atom stereocenters. The lowest BCUT2D eigenvalue weighted by molar-refractivity contribution is 0.171. The molecule has 0 saturated heterocycles. The van der Waals surface area contributed by atoms with Crippen LogP contribution in [0.5, 0.6) is 0 Å². The van der Waals surface area contributed by atoms with Gasteiger partial charge < -0.3 is 10.1 Å². The second-order valence-electron chi connectivity index (χ2n) is 3.82. The van der Waals surface area contributed by atoms with E-state index in [-0.39, 0.29) is 11.9 Å². The normalized spacial score (nSPS) is 12.8. The first-order valence-electron chi connectivity index (χ1n) is 5.11. The zero-order valence-electron chi connectivity index (χ0n) is 9.51. The van der Waals surface area contributed by atoms with Gasteiger partial charge >= 0.3 is 0 Å². The first-order chi connectivity index (χ1) is 7.13. The molecule has 1 aromatic rings. The number of rotatable bonds is 5. The Morgan fingerprint density at radius 2 is 2.20 bits per heavy atom. The standard InChI is InChI=1S/C12H18FNO/c1-9-4-5-11(6-12(9)13)7-14-10(2)8-15-3/h4-6,10,14H,7-8H2,1-3H3/t10-/m1/s1. The number of halogens is 1. The van der Waals surface area contributed by atoms with Crippen LogP contribution in [-0.4, -0.2) is 19.8 Å². The summed E-state index contributed by atoms with van der Waals surface area (Å²) in [5.41, 5.74) is 1.64. The highest BCUT2D eigenvalue weighted by Crippen LogP contribution is 2.08. The third-order valence-electron chi connectivity index (χ3n) is 2.31. The van der Waals surface area contributed by atoms with Crippen LogP contribution in [0.15, 0.2) is 18.2 Å². The Balaban J connectivity index is 2.47. The topological polar surface area (TPSA) is 21.3 Å². The van der Waals surface area contributed by atoms with Gasteiger partial charge in [-0.1, -0.05) is 12.1 Å². The van der Waals surface area contributed by atoms with Crippen molar-refractivity contribution in [3.05, 3.63) is 35.1 Å². The molecule has 1 N–H and O–H groups in total. The second-order valence-corrected chi connectivity index (χ2v) is 3.82. The van der Waals surface area contributed by atoms with Crippen LogP contribution < -0.4 is 5.32 Å². The first kappa shape index (κ1) is 12.1. The highest BCUT2D eigenvalue weighted by atomic mass is 19.1. The zero-order chi connectivity index (χ0) is 11.3. The van der Waals surface area contributed by atoms with Crippen molar-refractivity contribution in [2.45, 2.75) is 26.4 Å². The van der Waals surface area contributed by atoms with Gasteiger partial charge in [-0.15, -0.1) is 0 Å². The van der Waals surface area contributed by atoms with Crippen molar-refractivity contribution in [3.63, 3.8) is 0 Å². The number of ether oxygens (including phenoxy) is 1. The van der Waals surface area contributed by atoms with Gasteiger partial charge in [-0.2, -0.15) is 0 Å². The van der Waals surface area contributed by atoms with E-state index in [2.05, 4.69) is 5.32 Å². The van der Waals surface area contributed by atoms with Gasteiger partial charge in [0.05, 0.1) is 6.61 Å². The Bertz CT molecular complexity index is 314. The molecule has 1 aromatic carbocycles. The van der Waals surface area contributed by atoms with E-state index in [1.165, 1.54) is 0 Å². The molecule has 0 radical (unpaired) electrons. The molecule has 0 spiro atoms. The van der Waals surface area contributed by atoms with Crippen molar-refractivity contribution in [1.29, 1.82) is 0 Å². The summed E-state index contributed by atoms with van der Waals surface area (Å²) >= 11 is 0. The van der Waals surface area contributed by atoms with Gasteiger partial charge in [0.2, 0.25) is 0 Å². The lowest BCUT2D eigenvalue weighted by Crippen LogP contribution is -2.29. The fraction of sp³-hybridized carbons (Fsp3) is 0.500.